The van der Waals surface area contributed by atoms with Gasteiger partial charge in [-0.25, -0.2) is 0 Å². The predicted octanol–water partition coefficient (Wildman–Crippen LogP) is 1.50. The number of amides is 1. The maximum absolute atomic E-state index is 12.1. The molecule has 1 amide bonds. The molecule has 0 aromatic heterocycles. The molecule has 1 aliphatic rings. The van der Waals surface area contributed by atoms with Crippen LogP contribution in [0.3, 0.4) is 0 Å². The third kappa shape index (κ3) is 4.80. The van der Waals surface area contributed by atoms with Crippen molar-refractivity contribution in [1.29, 1.82) is 0 Å². The van der Waals surface area contributed by atoms with Crippen molar-refractivity contribution in [2.45, 2.75) is 18.6 Å². The van der Waals surface area contributed by atoms with Crippen molar-refractivity contribution in [3.8, 4) is 0 Å². The van der Waals surface area contributed by atoms with Crippen LogP contribution in [0, 0.1) is 0 Å². The zero-order valence-corrected chi connectivity index (χ0v) is 12.8. The summed E-state index contributed by atoms with van der Waals surface area (Å²) in [5.74, 6) is -1.35. The van der Waals surface area contributed by atoms with Gasteiger partial charge in [-0.2, -0.15) is 0 Å². The molecule has 2 N–H and O–H groups in total. The largest absolute Gasteiger partial charge is 0.481 e. The number of hydrogen-bond donors (Lipinski definition) is 2. The fourth-order valence-corrected chi connectivity index (χ4v) is 2.47. The third-order valence-corrected chi connectivity index (χ3v) is 3.55. The average Bonchev–Trinajstić information content (AvgIpc) is 2.47. The third-order valence-electron chi connectivity index (χ3n) is 3.05. The molecule has 1 aromatic rings. The smallest absolute Gasteiger partial charge is 0.305 e. The molecule has 0 aliphatic carbocycles. The lowest BCUT2D eigenvalue weighted by molar-refractivity contribution is -0.148. The lowest BCUT2D eigenvalue weighted by Gasteiger charge is -2.25. The zero-order chi connectivity index (χ0) is 15.2. The fraction of sp³-hybridized carbons (Fsp3) is 0.429. The Morgan fingerprint density at radius 1 is 1.43 bits per heavy atom. The van der Waals surface area contributed by atoms with E-state index in [2.05, 4.69) is 21.2 Å². The molecule has 0 bridgehead atoms. The van der Waals surface area contributed by atoms with Crippen molar-refractivity contribution < 1.29 is 24.2 Å². The number of carbonyl (C=O) groups excluding carboxylic acids is 1. The first-order valence-corrected chi connectivity index (χ1v) is 7.32. The minimum absolute atomic E-state index is 0.185. The van der Waals surface area contributed by atoms with E-state index < -0.39 is 18.1 Å². The van der Waals surface area contributed by atoms with Gasteiger partial charge in [0.2, 0.25) is 0 Å². The van der Waals surface area contributed by atoms with E-state index >= 15 is 0 Å². The van der Waals surface area contributed by atoms with E-state index in [0.29, 0.717) is 13.2 Å². The fourth-order valence-electron chi connectivity index (χ4n) is 2.05. The highest BCUT2D eigenvalue weighted by Crippen LogP contribution is 2.21. The molecule has 1 aromatic carbocycles. The first-order valence-electron chi connectivity index (χ1n) is 6.53. The van der Waals surface area contributed by atoms with Crippen LogP contribution in [0.4, 0.5) is 0 Å². The Morgan fingerprint density at radius 3 is 2.86 bits per heavy atom. The normalized spacial score (nSPS) is 19.8. The molecule has 1 fully saturated rings. The van der Waals surface area contributed by atoms with Gasteiger partial charge in [-0.15, -0.1) is 0 Å². The van der Waals surface area contributed by atoms with E-state index in [9.17, 15) is 9.59 Å². The van der Waals surface area contributed by atoms with E-state index in [1.807, 2.05) is 6.07 Å². The van der Waals surface area contributed by atoms with Crippen molar-refractivity contribution in [3.05, 3.63) is 34.3 Å². The van der Waals surface area contributed by atoms with Gasteiger partial charge >= 0.3 is 5.97 Å². The van der Waals surface area contributed by atoms with Gasteiger partial charge in [0.15, 0.2) is 6.10 Å². The number of benzene rings is 1. The Morgan fingerprint density at radius 2 is 2.24 bits per heavy atom. The van der Waals surface area contributed by atoms with Crippen LogP contribution >= 0.6 is 15.9 Å². The van der Waals surface area contributed by atoms with Gasteiger partial charge < -0.3 is 19.9 Å². The van der Waals surface area contributed by atoms with Gasteiger partial charge in [0.1, 0.15) is 0 Å². The summed E-state index contributed by atoms with van der Waals surface area (Å²) < 4.78 is 11.3. The number of halogens is 1. The lowest BCUT2D eigenvalue weighted by Crippen LogP contribution is -2.44. The molecule has 1 saturated heterocycles. The van der Waals surface area contributed by atoms with Crippen LogP contribution in [0.2, 0.25) is 0 Å². The first kappa shape index (κ1) is 15.9. The molecule has 7 heteroatoms. The van der Waals surface area contributed by atoms with Crippen molar-refractivity contribution in [2.75, 3.05) is 19.8 Å². The van der Waals surface area contributed by atoms with Gasteiger partial charge in [0.25, 0.3) is 5.91 Å². The number of carboxylic acids is 1. The summed E-state index contributed by atoms with van der Waals surface area (Å²) in [6, 6.07) is 6.57. The number of carboxylic acid groups (broad SMARTS) is 1. The second-order valence-corrected chi connectivity index (χ2v) is 5.56. The Balaban J connectivity index is 2.08. The highest BCUT2D eigenvalue weighted by atomic mass is 79.9. The molecule has 21 heavy (non-hydrogen) atoms. The minimum Gasteiger partial charge on any atom is -0.481 e. The Labute approximate surface area is 130 Å². The Kier molecular flexibility index (Phi) is 5.72. The van der Waals surface area contributed by atoms with Gasteiger partial charge in [-0.1, -0.05) is 28.1 Å². The molecule has 0 unspecified atom stereocenters. The van der Waals surface area contributed by atoms with Crippen LogP contribution in [0.15, 0.2) is 28.7 Å². The van der Waals surface area contributed by atoms with Crippen molar-refractivity contribution in [1.82, 2.24) is 5.32 Å². The van der Waals surface area contributed by atoms with Gasteiger partial charge in [0, 0.05) is 4.47 Å². The van der Waals surface area contributed by atoms with Gasteiger partial charge in [-0.3, -0.25) is 9.59 Å². The number of aliphatic carboxylic acids is 1. The monoisotopic (exact) mass is 357 g/mol. The first-order chi connectivity index (χ1) is 10.1. The quantitative estimate of drug-likeness (QED) is 0.833. The molecule has 1 heterocycles. The summed E-state index contributed by atoms with van der Waals surface area (Å²) in [5.41, 5.74) is 0.719. The van der Waals surface area contributed by atoms with Crippen molar-refractivity contribution >= 4 is 27.8 Å². The molecule has 2 atom stereocenters. The molecule has 2 rings (SSSR count). The van der Waals surface area contributed by atoms with Crippen molar-refractivity contribution in [3.63, 3.8) is 0 Å². The van der Waals surface area contributed by atoms with Crippen LogP contribution in [0.25, 0.3) is 0 Å². The molecular weight excluding hydrogens is 342 g/mol. The number of ether oxygens (including phenoxy) is 2. The molecular formula is C14H16BrNO5. The summed E-state index contributed by atoms with van der Waals surface area (Å²) in [7, 11) is 0. The second-order valence-electron chi connectivity index (χ2n) is 4.65. The number of rotatable bonds is 5. The predicted molar refractivity (Wildman–Crippen MR) is 77.8 cm³/mol. The van der Waals surface area contributed by atoms with Crippen LogP contribution in [-0.4, -0.2) is 42.9 Å². The lowest BCUT2D eigenvalue weighted by atomic mass is 10.0. The van der Waals surface area contributed by atoms with Crippen LogP contribution < -0.4 is 5.32 Å². The summed E-state index contributed by atoms with van der Waals surface area (Å²) in [6.07, 6.45) is -0.891. The van der Waals surface area contributed by atoms with Crippen LogP contribution in [-0.2, 0) is 19.1 Å². The molecule has 6 nitrogen and oxygen atoms in total. The van der Waals surface area contributed by atoms with E-state index in [0.717, 1.165) is 10.0 Å². The summed E-state index contributed by atoms with van der Waals surface area (Å²) in [6.45, 7) is 1.01. The van der Waals surface area contributed by atoms with E-state index in [1.165, 1.54) is 0 Å². The minimum atomic E-state index is -0.985. The van der Waals surface area contributed by atoms with E-state index in [1.54, 1.807) is 18.2 Å². The zero-order valence-electron chi connectivity index (χ0n) is 11.3. The van der Waals surface area contributed by atoms with Gasteiger partial charge in [-0.05, 0) is 17.7 Å². The van der Waals surface area contributed by atoms with Crippen LogP contribution in [0.5, 0.6) is 0 Å². The second kappa shape index (κ2) is 7.53. The van der Waals surface area contributed by atoms with E-state index in [4.69, 9.17) is 14.6 Å². The van der Waals surface area contributed by atoms with Crippen LogP contribution in [0.1, 0.15) is 18.0 Å². The Bertz CT molecular complexity index is 516. The van der Waals surface area contributed by atoms with E-state index in [-0.39, 0.29) is 18.9 Å². The number of hydrogen-bond acceptors (Lipinski definition) is 4. The van der Waals surface area contributed by atoms with Crippen molar-refractivity contribution in [2.24, 2.45) is 0 Å². The number of nitrogens with one attached hydrogen (secondary N) is 1. The molecule has 0 radical (unpaired) electrons. The summed E-state index contributed by atoms with van der Waals surface area (Å²) >= 11 is 3.33. The highest BCUT2D eigenvalue weighted by Gasteiger charge is 2.26. The number of carbonyl (C=O) groups is 2. The average molecular weight is 358 g/mol. The topological polar surface area (TPSA) is 84.9 Å². The summed E-state index contributed by atoms with van der Waals surface area (Å²) in [4.78, 5) is 23.1. The SMILES string of the molecule is O=C(O)C[C@H](NC(=O)[C@H]1COCCO1)c1cccc(Br)c1. The summed E-state index contributed by atoms with van der Waals surface area (Å²) in [5, 5.41) is 11.7. The highest BCUT2D eigenvalue weighted by molar-refractivity contribution is 9.10. The Hall–Kier alpha value is -1.44. The standard InChI is InChI=1S/C14H16BrNO5/c15-10-3-1-2-9(6-10)11(7-13(17)18)16-14(19)12-8-20-4-5-21-12/h1-3,6,11-12H,4-5,7-8H2,(H,16,19)(H,17,18)/t11-,12+/m0/s1. The maximum Gasteiger partial charge on any atom is 0.305 e. The molecule has 0 spiro atoms. The molecule has 1 aliphatic heterocycles. The van der Waals surface area contributed by atoms with Gasteiger partial charge in [0.05, 0.1) is 32.3 Å². The molecule has 0 saturated carbocycles. The maximum atomic E-state index is 12.1. The molecule has 114 valence electrons.